The van der Waals surface area contributed by atoms with Gasteiger partial charge in [-0.3, -0.25) is 9.59 Å². The highest BCUT2D eigenvalue weighted by Gasteiger charge is 2.35. The Morgan fingerprint density at radius 1 is 1.13 bits per heavy atom. The lowest BCUT2D eigenvalue weighted by atomic mass is 9.85. The highest BCUT2D eigenvalue weighted by molar-refractivity contribution is 6.32. The van der Waals surface area contributed by atoms with Gasteiger partial charge in [-0.2, -0.15) is 0 Å². The Bertz CT molecular complexity index is 999. The average Bonchev–Trinajstić information content (AvgIpc) is 2.90. The van der Waals surface area contributed by atoms with Crippen LogP contribution in [0.4, 0.5) is 0 Å². The summed E-state index contributed by atoms with van der Waals surface area (Å²) < 4.78 is 10.5. The molecule has 0 spiro atoms. The fourth-order valence-electron chi connectivity index (χ4n) is 4.27. The fraction of sp³-hybridized carbons (Fsp3) is 0.607. The lowest BCUT2D eigenvalue weighted by Crippen LogP contribution is -2.55. The Morgan fingerprint density at radius 3 is 2.28 bits per heavy atom. The van der Waals surface area contributed by atoms with Crippen LogP contribution in [0.15, 0.2) is 29.8 Å². The number of ketones is 1. The van der Waals surface area contributed by atoms with Crippen molar-refractivity contribution in [3.8, 4) is 5.75 Å². The zero-order valence-corrected chi connectivity index (χ0v) is 24.1. The van der Waals surface area contributed by atoms with Crippen molar-refractivity contribution in [1.82, 2.24) is 5.32 Å². The number of phenols is 1. The van der Waals surface area contributed by atoms with Crippen molar-refractivity contribution in [3.05, 3.63) is 40.4 Å². The van der Waals surface area contributed by atoms with Crippen LogP contribution in [0.25, 0.3) is 0 Å². The van der Waals surface area contributed by atoms with Crippen LogP contribution >= 0.6 is 11.6 Å². The number of carboxylic acids is 1. The number of halogens is 1. The van der Waals surface area contributed by atoms with Gasteiger partial charge in [-0.05, 0) is 55.0 Å². The van der Waals surface area contributed by atoms with Crippen molar-refractivity contribution in [2.45, 2.75) is 83.8 Å². The van der Waals surface area contributed by atoms with Crippen molar-refractivity contribution in [2.24, 2.45) is 11.8 Å². The number of hydrogen-bond acceptors (Lipinski definition) is 9. The normalized spacial score (nSPS) is 17.4. The maximum Gasteiger partial charge on any atom is 0.252 e. The smallest absolute Gasteiger partial charge is 0.252 e. The van der Waals surface area contributed by atoms with E-state index >= 15 is 0 Å². The summed E-state index contributed by atoms with van der Waals surface area (Å²) in [5, 5.41) is 45.1. The topological polar surface area (TPSA) is 165 Å². The number of amides is 1. The molecule has 220 valence electrons. The van der Waals surface area contributed by atoms with Crippen LogP contribution in [-0.4, -0.2) is 77.7 Å². The number of phenolic OH excluding ortho intramolecular Hbond substituents is 1. The van der Waals surface area contributed by atoms with E-state index in [9.17, 15) is 34.8 Å². The molecule has 0 saturated heterocycles. The van der Waals surface area contributed by atoms with E-state index in [1.54, 1.807) is 6.92 Å². The summed E-state index contributed by atoms with van der Waals surface area (Å²) in [6.07, 6.45) is -1.34. The van der Waals surface area contributed by atoms with E-state index in [0.717, 1.165) is 26.4 Å². The summed E-state index contributed by atoms with van der Waals surface area (Å²) in [5.41, 5.74) is 0.635. The minimum absolute atomic E-state index is 0.0120. The highest BCUT2D eigenvalue weighted by Crippen LogP contribution is 2.25. The van der Waals surface area contributed by atoms with Crippen molar-refractivity contribution in [1.29, 1.82) is 0 Å². The first kappa shape index (κ1) is 34.5. The third-order valence-corrected chi connectivity index (χ3v) is 7.11. The average molecular weight is 571 g/mol. The van der Waals surface area contributed by atoms with Crippen molar-refractivity contribution >= 4 is 29.3 Å². The molecule has 0 aliphatic carbocycles. The van der Waals surface area contributed by atoms with Gasteiger partial charge in [0.25, 0.3) is 5.91 Å². The number of carboxylic acid groups (broad SMARTS) is 1. The van der Waals surface area contributed by atoms with Gasteiger partial charge in [0, 0.05) is 20.1 Å². The van der Waals surface area contributed by atoms with Crippen molar-refractivity contribution in [3.63, 3.8) is 0 Å². The number of aliphatic hydroxyl groups is 2. The molecule has 0 aliphatic rings. The first-order chi connectivity index (χ1) is 18.3. The molecule has 11 heteroatoms. The molecular weight excluding hydrogens is 530 g/mol. The number of ether oxygens (including phenoxy) is 2. The van der Waals surface area contributed by atoms with Gasteiger partial charge in [-0.15, -0.1) is 0 Å². The van der Waals surface area contributed by atoms with E-state index in [4.69, 9.17) is 21.1 Å². The van der Waals surface area contributed by atoms with Gasteiger partial charge in [0.15, 0.2) is 11.9 Å². The van der Waals surface area contributed by atoms with E-state index in [2.05, 4.69) is 12.2 Å². The summed E-state index contributed by atoms with van der Waals surface area (Å²) in [6, 6.07) is 2.59. The molecule has 1 amide bonds. The largest absolute Gasteiger partial charge is 0.548 e. The number of rotatable bonds is 17. The number of carbonyl (C=O) groups is 3. The van der Waals surface area contributed by atoms with Crippen LogP contribution < -0.4 is 10.4 Å². The van der Waals surface area contributed by atoms with Crippen molar-refractivity contribution < 1.29 is 44.3 Å². The van der Waals surface area contributed by atoms with Gasteiger partial charge < -0.3 is 40.0 Å². The summed E-state index contributed by atoms with van der Waals surface area (Å²) in [5.74, 6) is -3.81. The Morgan fingerprint density at radius 2 is 1.77 bits per heavy atom. The molecule has 1 aromatic carbocycles. The molecule has 10 nitrogen and oxygen atoms in total. The molecule has 0 fully saturated rings. The highest BCUT2D eigenvalue weighted by atomic mass is 35.5. The Balaban J connectivity index is 3.01. The Kier molecular flexibility index (Phi) is 14.7. The van der Waals surface area contributed by atoms with Crippen molar-refractivity contribution in [2.75, 3.05) is 14.2 Å². The number of aliphatic carboxylic acids is 1. The molecule has 7 atom stereocenters. The van der Waals surface area contributed by atoms with Gasteiger partial charge >= 0.3 is 0 Å². The zero-order chi connectivity index (χ0) is 29.9. The summed E-state index contributed by atoms with van der Waals surface area (Å²) in [6.45, 7) is 7.10. The first-order valence-electron chi connectivity index (χ1n) is 12.9. The molecule has 0 aromatic heterocycles. The van der Waals surface area contributed by atoms with E-state index in [1.807, 2.05) is 6.92 Å². The predicted molar refractivity (Wildman–Crippen MR) is 144 cm³/mol. The number of unbranched alkanes of at least 4 members (excludes halogenated alkanes) is 1. The minimum Gasteiger partial charge on any atom is -0.548 e. The number of benzene rings is 1. The zero-order valence-electron chi connectivity index (χ0n) is 23.3. The van der Waals surface area contributed by atoms with Gasteiger partial charge in [0.1, 0.15) is 18.0 Å². The van der Waals surface area contributed by atoms with Gasteiger partial charge in [0.05, 0.1) is 23.1 Å². The van der Waals surface area contributed by atoms with E-state index < -0.39 is 48.3 Å². The molecule has 1 rings (SSSR count). The standard InChI is InChI=1S/C28H42ClNO9/c1-7-8-9-15(2)23(32)17(4)24(33)16(3)12-22(38-5)25(34)26(39-6)27(35)30-20(28(36)37)14-18-10-11-21(31)19(29)13-18/h10-13,15,17,20,22-23,25-26,31-32,34H,7-9,14H2,1-6H3,(H,30,35)(H,36,37)/p-1/b16-12+/t15-,17+,20-,22-,23+,25-,26-/m1/s1. The Labute approximate surface area is 235 Å². The molecule has 0 bridgehead atoms. The van der Waals surface area contributed by atoms with E-state index in [1.165, 1.54) is 38.3 Å². The Hall–Kier alpha value is -2.50. The predicted octanol–water partition coefficient (Wildman–Crippen LogP) is 1.55. The summed E-state index contributed by atoms with van der Waals surface area (Å²) in [7, 11) is 2.43. The summed E-state index contributed by atoms with van der Waals surface area (Å²) >= 11 is 5.87. The van der Waals surface area contributed by atoms with Gasteiger partial charge in [0.2, 0.25) is 0 Å². The summed E-state index contributed by atoms with van der Waals surface area (Å²) in [4.78, 5) is 37.6. The second-order valence-corrected chi connectivity index (χ2v) is 10.2. The number of Topliss-reactive ketones (excluding diaryl/α,β-unsaturated/α-hetero) is 1. The molecule has 1 aromatic rings. The monoisotopic (exact) mass is 570 g/mol. The van der Waals surface area contributed by atoms with Crippen LogP contribution in [0, 0.1) is 11.8 Å². The number of allylic oxidation sites excluding steroid dienone is 1. The van der Waals surface area contributed by atoms with Crippen LogP contribution in [0.1, 0.15) is 52.5 Å². The molecule has 0 aliphatic heterocycles. The van der Waals surface area contributed by atoms with Crippen LogP contribution in [0.5, 0.6) is 5.75 Å². The second-order valence-electron chi connectivity index (χ2n) is 9.83. The van der Waals surface area contributed by atoms with Crippen LogP contribution in [0.2, 0.25) is 5.02 Å². The van der Waals surface area contributed by atoms with Gasteiger partial charge in [-0.1, -0.05) is 51.3 Å². The first-order valence-corrected chi connectivity index (χ1v) is 13.3. The maximum absolute atomic E-state index is 13.0. The number of carbonyl (C=O) groups excluding carboxylic acids is 3. The van der Waals surface area contributed by atoms with E-state index in [-0.39, 0.29) is 34.5 Å². The lowest BCUT2D eigenvalue weighted by Gasteiger charge is -2.29. The SMILES string of the molecule is CCCC[C@@H](C)[C@H](O)[C@H](C)C(=O)/C(C)=C/[C@@H](OC)[C@@H](O)[C@@H](OC)C(=O)N[C@H](Cc1ccc(O)c(Cl)c1)C(=O)[O-]. The van der Waals surface area contributed by atoms with Crippen LogP contribution in [-0.2, 0) is 30.3 Å². The number of methoxy groups -OCH3 is 2. The molecule has 0 heterocycles. The second kappa shape index (κ2) is 16.6. The number of nitrogens with one attached hydrogen (secondary N) is 1. The molecule has 0 radical (unpaired) electrons. The molecular formula is C28H41ClNO9-. The number of aromatic hydroxyl groups is 1. The lowest BCUT2D eigenvalue weighted by molar-refractivity contribution is -0.308. The quantitative estimate of drug-likeness (QED) is 0.203. The van der Waals surface area contributed by atoms with Crippen LogP contribution in [0.3, 0.4) is 0 Å². The number of hydrogen-bond donors (Lipinski definition) is 4. The molecule has 0 unspecified atom stereocenters. The maximum atomic E-state index is 13.0. The van der Waals surface area contributed by atoms with E-state index in [0.29, 0.717) is 5.56 Å². The fourth-order valence-corrected chi connectivity index (χ4v) is 4.48. The molecule has 4 N–H and O–H groups in total. The third-order valence-electron chi connectivity index (χ3n) is 6.81. The molecule has 0 saturated carbocycles. The third kappa shape index (κ3) is 10.2. The number of aliphatic hydroxyl groups excluding tert-OH is 2. The molecule has 39 heavy (non-hydrogen) atoms. The minimum atomic E-state index is -1.61. The van der Waals surface area contributed by atoms with Gasteiger partial charge in [-0.25, -0.2) is 0 Å².